The molecule has 0 aliphatic heterocycles. The molecule has 1 amide bonds. The van der Waals surface area contributed by atoms with Crippen molar-refractivity contribution in [2.24, 2.45) is 0 Å². The van der Waals surface area contributed by atoms with Crippen molar-refractivity contribution in [1.29, 1.82) is 0 Å². The van der Waals surface area contributed by atoms with E-state index in [1.807, 2.05) is 12.1 Å². The van der Waals surface area contributed by atoms with E-state index in [1.54, 1.807) is 18.3 Å². The van der Waals surface area contributed by atoms with Crippen LogP contribution >= 0.6 is 15.9 Å². The lowest BCUT2D eigenvalue weighted by atomic mass is 10.2. The topological polar surface area (TPSA) is 42.0 Å². The fourth-order valence-electron chi connectivity index (χ4n) is 1.46. The first-order valence-electron chi connectivity index (χ1n) is 5.29. The van der Waals surface area contributed by atoms with E-state index < -0.39 is 5.82 Å². The Hall–Kier alpha value is -1.75. The van der Waals surface area contributed by atoms with Crippen LogP contribution in [0.4, 0.5) is 4.39 Å². The maximum Gasteiger partial charge on any atom is 0.251 e. The monoisotopic (exact) mass is 308 g/mol. The molecule has 0 radical (unpaired) electrons. The van der Waals surface area contributed by atoms with Gasteiger partial charge in [0.05, 0.1) is 12.2 Å². The molecule has 0 saturated heterocycles. The summed E-state index contributed by atoms with van der Waals surface area (Å²) in [6, 6.07) is 9.51. The number of aromatic nitrogens is 1. The van der Waals surface area contributed by atoms with E-state index in [0.717, 1.165) is 5.69 Å². The molecule has 3 nitrogen and oxygen atoms in total. The minimum atomic E-state index is -0.452. The molecule has 5 heteroatoms. The van der Waals surface area contributed by atoms with Gasteiger partial charge in [-0.25, -0.2) is 4.39 Å². The van der Waals surface area contributed by atoms with Crippen molar-refractivity contribution in [2.45, 2.75) is 6.54 Å². The van der Waals surface area contributed by atoms with Crippen LogP contribution in [-0.2, 0) is 6.54 Å². The number of hydrogen-bond acceptors (Lipinski definition) is 2. The van der Waals surface area contributed by atoms with E-state index in [9.17, 15) is 9.18 Å². The molecule has 1 N–H and O–H groups in total. The van der Waals surface area contributed by atoms with Crippen LogP contribution in [0.1, 0.15) is 16.1 Å². The minimum Gasteiger partial charge on any atom is -0.346 e. The van der Waals surface area contributed by atoms with E-state index >= 15 is 0 Å². The maximum atomic E-state index is 13.1. The van der Waals surface area contributed by atoms with E-state index in [0.29, 0.717) is 11.0 Å². The second-order valence-electron chi connectivity index (χ2n) is 3.66. The molecule has 0 atom stereocenters. The number of halogens is 2. The van der Waals surface area contributed by atoms with Gasteiger partial charge in [0.2, 0.25) is 0 Å². The summed E-state index contributed by atoms with van der Waals surface area (Å²) < 4.78 is 13.7. The van der Waals surface area contributed by atoms with Crippen LogP contribution in [0.25, 0.3) is 0 Å². The number of carbonyl (C=O) groups excluding carboxylic acids is 1. The molecular formula is C13H10BrFN2O. The van der Waals surface area contributed by atoms with Crippen LogP contribution in [-0.4, -0.2) is 10.9 Å². The van der Waals surface area contributed by atoms with Crippen LogP contribution in [0.5, 0.6) is 0 Å². The van der Waals surface area contributed by atoms with Crippen molar-refractivity contribution in [3.8, 4) is 0 Å². The molecule has 1 heterocycles. The van der Waals surface area contributed by atoms with E-state index in [1.165, 1.54) is 12.1 Å². The Kier molecular flexibility index (Phi) is 4.04. The maximum absolute atomic E-state index is 13.1. The molecule has 0 aliphatic rings. The highest BCUT2D eigenvalue weighted by Gasteiger charge is 2.08. The van der Waals surface area contributed by atoms with Gasteiger partial charge in [-0.2, -0.15) is 0 Å². The van der Waals surface area contributed by atoms with Crippen LogP contribution in [0.15, 0.2) is 47.1 Å². The molecule has 0 unspecified atom stereocenters. The standard InChI is InChI=1S/C13H10BrFN2O/c14-10-5-9(6-11(15)7-10)13(18)17-8-12-3-1-2-4-16-12/h1-7H,8H2,(H,17,18). The van der Waals surface area contributed by atoms with Gasteiger partial charge in [-0.3, -0.25) is 9.78 Å². The number of hydrogen-bond donors (Lipinski definition) is 1. The fraction of sp³-hybridized carbons (Fsp3) is 0.0769. The minimum absolute atomic E-state index is 0.276. The smallest absolute Gasteiger partial charge is 0.251 e. The van der Waals surface area contributed by atoms with Gasteiger partial charge in [0.25, 0.3) is 5.91 Å². The van der Waals surface area contributed by atoms with Crippen molar-refractivity contribution < 1.29 is 9.18 Å². The Balaban J connectivity index is 2.04. The van der Waals surface area contributed by atoms with Gasteiger partial charge in [-0.1, -0.05) is 22.0 Å². The Morgan fingerprint density at radius 3 is 2.83 bits per heavy atom. The van der Waals surface area contributed by atoms with Crippen LogP contribution in [0.3, 0.4) is 0 Å². The highest BCUT2D eigenvalue weighted by atomic mass is 79.9. The summed E-state index contributed by atoms with van der Waals surface area (Å²) in [5.74, 6) is -0.784. The summed E-state index contributed by atoms with van der Waals surface area (Å²) >= 11 is 3.14. The highest BCUT2D eigenvalue weighted by Crippen LogP contribution is 2.14. The fourth-order valence-corrected chi connectivity index (χ4v) is 1.93. The summed E-state index contributed by atoms with van der Waals surface area (Å²) in [6.45, 7) is 0.313. The summed E-state index contributed by atoms with van der Waals surface area (Å²) in [6.07, 6.45) is 1.65. The van der Waals surface area contributed by atoms with Gasteiger partial charge in [0.1, 0.15) is 5.82 Å². The number of nitrogens with zero attached hydrogens (tertiary/aromatic N) is 1. The largest absolute Gasteiger partial charge is 0.346 e. The van der Waals surface area contributed by atoms with Gasteiger partial charge in [-0.05, 0) is 30.3 Å². The summed E-state index contributed by atoms with van der Waals surface area (Å²) in [7, 11) is 0. The number of benzene rings is 1. The Morgan fingerprint density at radius 1 is 1.33 bits per heavy atom. The first-order chi connectivity index (χ1) is 8.65. The Bertz CT molecular complexity index is 540. The van der Waals surface area contributed by atoms with Gasteiger partial charge < -0.3 is 5.32 Å². The van der Waals surface area contributed by atoms with Crippen LogP contribution in [0.2, 0.25) is 0 Å². The summed E-state index contributed by atoms with van der Waals surface area (Å²) in [4.78, 5) is 15.9. The van der Waals surface area contributed by atoms with Gasteiger partial charge in [0, 0.05) is 16.2 Å². The molecule has 0 bridgehead atoms. The summed E-state index contributed by atoms with van der Waals surface area (Å²) in [5, 5.41) is 2.68. The third-order valence-electron chi connectivity index (χ3n) is 2.28. The van der Waals surface area contributed by atoms with E-state index in [4.69, 9.17) is 0 Å². The second-order valence-corrected chi connectivity index (χ2v) is 4.58. The molecule has 0 fully saturated rings. The first kappa shape index (κ1) is 12.7. The first-order valence-corrected chi connectivity index (χ1v) is 6.08. The van der Waals surface area contributed by atoms with Crippen LogP contribution < -0.4 is 5.32 Å². The molecule has 2 aromatic rings. The Morgan fingerprint density at radius 2 is 2.17 bits per heavy atom. The van der Waals surface area contributed by atoms with Gasteiger partial charge in [0.15, 0.2) is 0 Å². The molecule has 0 saturated carbocycles. The zero-order valence-corrected chi connectivity index (χ0v) is 10.9. The van der Waals surface area contributed by atoms with Crippen molar-refractivity contribution >= 4 is 21.8 Å². The number of amides is 1. The molecule has 1 aromatic heterocycles. The highest BCUT2D eigenvalue weighted by molar-refractivity contribution is 9.10. The van der Waals surface area contributed by atoms with E-state index in [-0.39, 0.29) is 11.5 Å². The zero-order chi connectivity index (χ0) is 13.0. The molecule has 92 valence electrons. The molecule has 2 rings (SSSR count). The lowest BCUT2D eigenvalue weighted by Crippen LogP contribution is -2.23. The van der Waals surface area contributed by atoms with Crippen LogP contribution in [0, 0.1) is 5.82 Å². The molecule has 18 heavy (non-hydrogen) atoms. The van der Waals surface area contributed by atoms with E-state index in [2.05, 4.69) is 26.2 Å². The van der Waals surface area contributed by atoms with Gasteiger partial charge in [-0.15, -0.1) is 0 Å². The molecule has 1 aromatic carbocycles. The summed E-state index contributed by atoms with van der Waals surface area (Å²) in [5.41, 5.74) is 1.03. The van der Waals surface area contributed by atoms with Crippen molar-refractivity contribution in [3.63, 3.8) is 0 Å². The van der Waals surface area contributed by atoms with Crippen molar-refractivity contribution in [3.05, 3.63) is 64.1 Å². The zero-order valence-electron chi connectivity index (χ0n) is 9.36. The predicted molar refractivity (Wildman–Crippen MR) is 69.5 cm³/mol. The number of nitrogens with one attached hydrogen (secondary N) is 1. The lowest BCUT2D eigenvalue weighted by Gasteiger charge is -2.05. The third-order valence-corrected chi connectivity index (χ3v) is 2.74. The quantitative estimate of drug-likeness (QED) is 0.947. The normalized spacial score (nSPS) is 10.1. The number of pyridine rings is 1. The second kappa shape index (κ2) is 5.73. The predicted octanol–water partition coefficient (Wildman–Crippen LogP) is 2.91. The molecule has 0 aliphatic carbocycles. The Labute approximate surface area is 112 Å². The molecular weight excluding hydrogens is 299 g/mol. The average Bonchev–Trinajstić information content (AvgIpc) is 2.36. The number of carbonyl (C=O) groups is 1. The number of rotatable bonds is 3. The third kappa shape index (κ3) is 3.37. The lowest BCUT2D eigenvalue weighted by molar-refractivity contribution is 0.0950. The van der Waals surface area contributed by atoms with Crippen molar-refractivity contribution in [2.75, 3.05) is 0 Å². The average molecular weight is 309 g/mol. The molecule has 0 spiro atoms. The SMILES string of the molecule is O=C(NCc1ccccn1)c1cc(F)cc(Br)c1. The van der Waals surface area contributed by atoms with Crippen molar-refractivity contribution in [1.82, 2.24) is 10.3 Å². The van der Waals surface area contributed by atoms with Gasteiger partial charge >= 0.3 is 0 Å².